The number of piperazine rings is 1. The van der Waals surface area contributed by atoms with Gasteiger partial charge in [0.25, 0.3) is 0 Å². The molecule has 2 saturated heterocycles. The molecule has 0 amide bonds. The normalized spacial score (nSPS) is 36.2. The van der Waals surface area contributed by atoms with Gasteiger partial charge in [-0.1, -0.05) is 0 Å². The number of rotatable bonds is 2. The van der Waals surface area contributed by atoms with Crippen LogP contribution in [-0.4, -0.2) is 66.3 Å². The summed E-state index contributed by atoms with van der Waals surface area (Å²) in [6.07, 6.45) is 0.675. The molecule has 1 N–H and O–H groups in total. The maximum atomic E-state index is 15.0. The number of hydrogen-bond donors (Lipinski definition) is 1. The molecule has 2 atom stereocenters. The van der Waals surface area contributed by atoms with Crippen LogP contribution in [0.4, 0.5) is 4.39 Å². The Bertz CT molecular complexity index is 283. The summed E-state index contributed by atoms with van der Waals surface area (Å²) in [6, 6.07) is 0.345. The smallest absolute Gasteiger partial charge is 0.137 e. The third-order valence-electron chi connectivity index (χ3n) is 4.23. The summed E-state index contributed by atoms with van der Waals surface area (Å²) < 4.78 is 15.0. The SMILES string of the molecule is C[C@@H]1CC(F)(CN2CCNCC2)CN1C(C)(C)C. The highest BCUT2D eigenvalue weighted by atomic mass is 19.1. The first-order valence-corrected chi connectivity index (χ1v) is 7.19. The summed E-state index contributed by atoms with van der Waals surface area (Å²) in [5.74, 6) is 0. The van der Waals surface area contributed by atoms with Crippen LogP contribution in [0.3, 0.4) is 0 Å². The van der Waals surface area contributed by atoms with Crippen LogP contribution < -0.4 is 5.32 Å². The molecule has 4 heteroatoms. The molecule has 2 rings (SSSR count). The molecule has 0 aromatic carbocycles. The lowest BCUT2D eigenvalue weighted by molar-refractivity contribution is 0.0698. The van der Waals surface area contributed by atoms with Crippen LogP contribution in [0.1, 0.15) is 34.1 Å². The molecule has 0 saturated carbocycles. The lowest BCUT2D eigenvalue weighted by atomic mass is 10.0. The lowest BCUT2D eigenvalue weighted by Gasteiger charge is -2.36. The van der Waals surface area contributed by atoms with E-state index >= 15 is 4.39 Å². The number of nitrogens with zero attached hydrogens (tertiary/aromatic N) is 2. The average Bonchev–Trinajstić information content (AvgIpc) is 2.55. The topological polar surface area (TPSA) is 18.5 Å². The molecule has 0 aliphatic carbocycles. The Morgan fingerprint density at radius 2 is 1.89 bits per heavy atom. The molecule has 1 unspecified atom stereocenters. The van der Waals surface area contributed by atoms with E-state index in [9.17, 15) is 0 Å². The Balaban J connectivity index is 1.96. The van der Waals surface area contributed by atoms with Crippen LogP contribution in [0.25, 0.3) is 0 Å². The van der Waals surface area contributed by atoms with Crippen molar-refractivity contribution in [2.45, 2.75) is 51.4 Å². The number of nitrogens with one attached hydrogen (secondary N) is 1. The molecule has 2 aliphatic rings. The fourth-order valence-corrected chi connectivity index (χ4v) is 3.45. The van der Waals surface area contributed by atoms with Gasteiger partial charge in [-0.25, -0.2) is 4.39 Å². The standard InChI is InChI=1S/C14H28FN3/c1-12-9-14(15,11-18(12)13(2,3)4)10-17-7-5-16-6-8-17/h12,16H,5-11H2,1-4H3/t12-,14?/m1/s1. The van der Waals surface area contributed by atoms with Crippen LogP contribution in [-0.2, 0) is 0 Å². The summed E-state index contributed by atoms with van der Waals surface area (Å²) in [6.45, 7) is 13.8. The van der Waals surface area contributed by atoms with Crippen molar-refractivity contribution >= 4 is 0 Å². The van der Waals surface area contributed by atoms with E-state index in [1.165, 1.54) is 0 Å². The molecule has 0 aromatic heterocycles. The van der Waals surface area contributed by atoms with Crippen molar-refractivity contribution in [3.63, 3.8) is 0 Å². The van der Waals surface area contributed by atoms with Crippen LogP contribution in [0.5, 0.6) is 0 Å². The van der Waals surface area contributed by atoms with Gasteiger partial charge in [-0.3, -0.25) is 9.80 Å². The summed E-state index contributed by atoms with van der Waals surface area (Å²) >= 11 is 0. The second-order valence-electron chi connectivity index (χ2n) is 7.03. The minimum atomic E-state index is -1.02. The molecule has 18 heavy (non-hydrogen) atoms. The summed E-state index contributed by atoms with van der Waals surface area (Å²) in [7, 11) is 0. The van der Waals surface area contributed by atoms with Gasteiger partial charge in [0.15, 0.2) is 0 Å². The van der Waals surface area contributed by atoms with Crippen molar-refractivity contribution in [1.29, 1.82) is 0 Å². The first-order valence-electron chi connectivity index (χ1n) is 7.19. The Kier molecular flexibility index (Phi) is 4.00. The van der Waals surface area contributed by atoms with Gasteiger partial charge in [0.1, 0.15) is 5.67 Å². The van der Waals surface area contributed by atoms with Crippen LogP contribution >= 0.6 is 0 Å². The number of alkyl halides is 1. The Hall–Kier alpha value is -0.190. The van der Waals surface area contributed by atoms with Crippen molar-refractivity contribution < 1.29 is 4.39 Å². The van der Waals surface area contributed by atoms with E-state index in [1.807, 2.05) is 0 Å². The van der Waals surface area contributed by atoms with E-state index in [0.29, 0.717) is 25.6 Å². The molecule has 0 bridgehead atoms. The van der Waals surface area contributed by atoms with Crippen LogP contribution in [0.15, 0.2) is 0 Å². The zero-order valence-corrected chi connectivity index (χ0v) is 12.3. The van der Waals surface area contributed by atoms with Crippen molar-refractivity contribution in [2.75, 3.05) is 39.3 Å². The highest BCUT2D eigenvalue weighted by Gasteiger charge is 2.46. The minimum Gasteiger partial charge on any atom is -0.314 e. The third kappa shape index (κ3) is 3.22. The molecular weight excluding hydrogens is 229 g/mol. The minimum absolute atomic E-state index is 0.0662. The highest BCUT2D eigenvalue weighted by Crippen LogP contribution is 2.35. The van der Waals surface area contributed by atoms with Gasteiger partial charge in [0, 0.05) is 50.8 Å². The maximum absolute atomic E-state index is 15.0. The molecule has 0 spiro atoms. The maximum Gasteiger partial charge on any atom is 0.137 e. The lowest BCUT2D eigenvalue weighted by Crippen LogP contribution is -2.51. The predicted molar refractivity (Wildman–Crippen MR) is 73.7 cm³/mol. The van der Waals surface area contributed by atoms with Crippen molar-refractivity contribution in [3.05, 3.63) is 0 Å². The summed E-state index contributed by atoms with van der Waals surface area (Å²) in [5, 5.41) is 3.32. The van der Waals surface area contributed by atoms with Gasteiger partial charge in [0.2, 0.25) is 0 Å². The monoisotopic (exact) mass is 257 g/mol. The summed E-state index contributed by atoms with van der Waals surface area (Å²) in [5.41, 5.74) is -0.958. The van der Waals surface area contributed by atoms with E-state index in [1.54, 1.807) is 0 Å². The van der Waals surface area contributed by atoms with Gasteiger partial charge in [0.05, 0.1) is 0 Å². The molecule has 3 nitrogen and oxygen atoms in total. The first-order chi connectivity index (χ1) is 8.30. The quantitative estimate of drug-likeness (QED) is 0.808. The molecule has 2 heterocycles. The first kappa shape index (κ1) is 14.2. The Morgan fingerprint density at radius 1 is 1.28 bits per heavy atom. The van der Waals surface area contributed by atoms with Gasteiger partial charge >= 0.3 is 0 Å². The van der Waals surface area contributed by atoms with E-state index in [0.717, 1.165) is 26.2 Å². The van der Waals surface area contributed by atoms with Crippen molar-refractivity contribution in [2.24, 2.45) is 0 Å². The van der Waals surface area contributed by atoms with Gasteiger partial charge in [-0.15, -0.1) is 0 Å². The Labute approximate surface area is 111 Å². The van der Waals surface area contributed by atoms with E-state index in [2.05, 4.69) is 42.8 Å². The van der Waals surface area contributed by atoms with E-state index in [4.69, 9.17) is 0 Å². The fourth-order valence-electron chi connectivity index (χ4n) is 3.45. The van der Waals surface area contributed by atoms with Gasteiger partial charge in [-0.05, 0) is 34.1 Å². The van der Waals surface area contributed by atoms with E-state index in [-0.39, 0.29) is 5.54 Å². The average molecular weight is 257 g/mol. The molecule has 0 radical (unpaired) electrons. The van der Waals surface area contributed by atoms with Crippen LogP contribution in [0, 0.1) is 0 Å². The zero-order chi connectivity index (χ0) is 13.4. The summed E-state index contributed by atoms with van der Waals surface area (Å²) in [4.78, 5) is 4.59. The van der Waals surface area contributed by atoms with Crippen molar-refractivity contribution in [3.8, 4) is 0 Å². The zero-order valence-electron chi connectivity index (χ0n) is 12.3. The number of likely N-dealkylation sites (tertiary alicyclic amines) is 1. The molecule has 2 aliphatic heterocycles. The largest absolute Gasteiger partial charge is 0.314 e. The van der Waals surface area contributed by atoms with Crippen molar-refractivity contribution in [1.82, 2.24) is 15.1 Å². The molecule has 106 valence electrons. The third-order valence-corrected chi connectivity index (χ3v) is 4.23. The Morgan fingerprint density at radius 3 is 2.39 bits per heavy atom. The van der Waals surface area contributed by atoms with Gasteiger partial charge in [-0.2, -0.15) is 0 Å². The highest BCUT2D eigenvalue weighted by molar-refractivity contribution is 5.01. The second kappa shape index (κ2) is 5.06. The number of hydrogen-bond acceptors (Lipinski definition) is 3. The molecule has 2 fully saturated rings. The van der Waals surface area contributed by atoms with E-state index < -0.39 is 5.67 Å². The van der Waals surface area contributed by atoms with Gasteiger partial charge < -0.3 is 5.32 Å². The predicted octanol–water partition coefficient (Wildman–Crippen LogP) is 1.49. The molecular formula is C14H28FN3. The fraction of sp³-hybridized carbons (Fsp3) is 1.00. The van der Waals surface area contributed by atoms with Crippen LogP contribution in [0.2, 0.25) is 0 Å². The number of halogens is 1. The molecule has 0 aromatic rings. The second-order valence-corrected chi connectivity index (χ2v) is 7.03.